The number of pyridine rings is 1. The Hall–Kier alpha value is -2.64. The highest BCUT2D eigenvalue weighted by molar-refractivity contribution is 6.42. The Bertz CT molecular complexity index is 1090. The van der Waals surface area contributed by atoms with E-state index in [9.17, 15) is 14.4 Å². The van der Waals surface area contributed by atoms with Crippen LogP contribution in [-0.2, 0) is 16.1 Å². The largest absolute Gasteiger partial charge is 0.465 e. The van der Waals surface area contributed by atoms with E-state index in [1.54, 1.807) is 17.0 Å². The Balaban J connectivity index is 1.59. The summed E-state index contributed by atoms with van der Waals surface area (Å²) in [5, 5.41) is 3.48. The quantitative estimate of drug-likeness (QED) is 0.569. The van der Waals surface area contributed by atoms with Crippen molar-refractivity contribution in [3.8, 4) is 0 Å². The van der Waals surface area contributed by atoms with E-state index in [2.05, 4.69) is 10.3 Å². The lowest BCUT2D eigenvalue weighted by molar-refractivity contribution is -0.121. The van der Waals surface area contributed by atoms with Gasteiger partial charge in [-0.15, -0.1) is 0 Å². The van der Waals surface area contributed by atoms with Crippen molar-refractivity contribution in [2.24, 2.45) is 5.92 Å². The fourth-order valence-electron chi connectivity index (χ4n) is 4.65. The molecular weight excluding hydrogens is 465 g/mol. The van der Waals surface area contributed by atoms with E-state index in [0.29, 0.717) is 27.9 Å². The number of hydrogen-bond donors (Lipinski definition) is 1. The molecule has 1 N–H and O–H groups in total. The summed E-state index contributed by atoms with van der Waals surface area (Å²) in [5.74, 6) is -0.519. The van der Waals surface area contributed by atoms with Crippen LogP contribution in [0.4, 0.5) is 5.82 Å². The molecule has 2 aliphatic rings. The predicted molar refractivity (Wildman–Crippen MR) is 126 cm³/mol. The molecule has 2 amide bonds. The number of nitrogens with zero attached hydrogens (tertiary/aromatic N) is 2. The van der Waals surface area contributed by atoms with Gasteiger partial charge in [0.1, 0.15) is 11.9 Å². The van der Waals surface area contributed by atoms with Crippen molar-refractivity contribution < 1.29 is 19.1 Å². The van der Waals surface area contributed by atoms with Crippen molar-refractivity contribution in [2.45, 2.75) is 51.1 Å². The summed E-state index contributed by atoms with van der Waals surface area (Å²) in [5.41, 5.74) is 1.50. The molecule has 4 rings (SSSR count). The second-order valence-corrected chi connectivity index (χ2v) is 9.34. The fourth-order valence-corrected chi connectivity index (χ4v) is 5.00. The van der Waals surface area contributed by atoms with Crippen LogP contribution in [0, 0.1) is 5.92 Å². The van der Waals surface area contributed by atoms with Gasteiger partial charge in [0.05, 0.1) is 22.7 Å². The first-order valence-electron chi connectivity index (χ1n) is 11.0. The van der Waals surface area contributed by atoms with Crippen LogP contribution < -0.4 is 5.32 Å². The molecule has 0 saturated heterocycles. The number of methoxy groups -OCH3 is 1. The number of amides is 2. The molecule has 2 aromatic rings. The van der Waals surface area contributed by atoms with Crippen molar-refractivity contribution in [2.75, 3.05) is 12.4 Å². The third kappa shape index (κ3) is 5.14. The number of halogens is 2. The van der Waals surface area contributed by atoms with Crippen molar-refractivity contribution in [1.82, 2.24) is 9.88 Å². The molecule has 2 heterocycles. The third-order valence-corrected chi connectivity index (χ3v) is 7.09. The Labute approximate surface area is 202 Å². The SMILES string of the molecule is COC(=O)c1ccnc(NC(=O)[C@H](CC2CCCCC2)N2Cc3cc(Cl)c(Cl)cc3C2=O)c1. The van der Waals surface area contributed by atoms with Crippen molar-refractivity contribution in [1.29, 1.82) is 0 Å². The van der Waals surface area contributed by atoms with Gasteiger partial charge in [-0.2, -0.15) is 0 Å². The van der Waals surface area contributed by atoms with Gasteiger partial charge in [0.15, 0.2) is 0 Å². The van der Waals surface area contributed by atoms with Gasteiger partial charge >= 0.3 is 5.97 Å². The predicted octanol–water partition coefficient (Wildman–Crippen LogP) is 5.11. The molecule has 1 fully saturated rings. The standard InChI is InChI=1S/C24H25Cl2N3O4/c1-33-24(32)15-7-8-27-21(11-15)28-22(30)20(9-14-5-3-2-4-6-14)29-13-16-10-18(25)19(26)12-17(16)23(29)31/h7-8,10-12,14,20H,2-6,9,13H2,1H3,(H,27,28,30)/t20-/m0/s1. The monoisotopic (exact) mass is 489 g/mol. The average Bonchev–Trinajstić information content (AvgIpc) is 3.13. The number of hydrogen-bond acceptors (Lipinski definition) is 5. The van der Waals surface area contributed by atoms with E-state index in [1.807, 2.05) is 0 Å². The number of carbonyl (C=O) groups is 3. The molecule has 0 bridgehead atoms. The number of benzene rings is 1. The second-order valence-electron chi connectivity index (χ2n) is 8.52. The smallest absolute Gasteiger partial charge is 0.338 e. The van der Waals surface area contributed by atoms with Gasteiger partial charge in [-0.3, -0.25) is 9.59 Å². The van der Waals surface area contributed by atoms with Crippen molar-refractivity contribution >= 4 is 46.8 Å². The molecule has 7 nitrogen and oxygen atoms in total. The summed E-state index contributed by atoms with van der Waals surface area (Å²) >= 11 is 12.3. The molecule has 1 aromatic carbocycles. The number of anilines is 1. The Kier molecular flexibility index (Phi) is 7.20. The van der Waals surface area contributed by atoms with Crippen LogP contribution in [-0.4, -0.2) is 40.8 Å². The highest BCUT2D eigenvalue weighted by atomic mass is 35.5. The van der Waals surface area contributed by atoms with Crippen LogP contribution in [0.5, 0.6) is 0 Å². The lowest BCUT2D eigenvalue weighted by Crippen LogP contribution is -2.45. The highest BCUT2D eigenvalue weighted by Gasteiger charge is 2.38. The van der Waals surface area contributed by atoms with E-state index in [0.717, 1.165) is 31.2 Å². The van der Waals surface area contributed by atoms with Gasteiger partial charge in [0.2, 0.25) is 5.91 Å². The maximum atomic E-state index is 13.4. The van der Waals surface area contributed by atoms with Crippen LogP contribution in [0.2, 0.25) is 10.0 Å². The summed E-state index contributed by atoms with van der Waals surface area (Å²) in [4.78, 5) is 44.3. The van der Waals surface area contributed by atoms with Crippen LogP contribution in [0.15, 0.2) is 30.5 Å². The number of fused-ring (bicyclic) bond motifs is 1. The summed E-state index contributed by atoms with van der Waals surface area (Å²) in [6, 6.07) is 5.54. The minimum Gasteiger partial charge on any atom is -0.465 e. The van der Waals surface area contributed by atoms with Crippen LogP contribution in [0.3, 0.4) is 0 Å². The molecule has 1 aliphatic heterocycles. The number of aromatic nitrogens is 1. The molecule has 0 spiro atoms. The number of nitrogens with one attached hydrogen (secondary N) is 1. The van der Waals surface area contributed by atoms with Gasteiger partial charge in [0, 0.05) is 18.3 Å². The topological polar surface area (TPSA) is 88.6 Å². The molecule has 1 aromatic heterocycles. The molecule has 1 saturated carbocycles. The third-order valence-electron chi connectivity index (χ3n) is 6.37. The van der Waals surface area contributed by atoms with E-state index in [4.69, 9.17) is 27.9 Å². The van der Waals surface area contributed by atoms with Gasteiger partial charge in [-0.1, -0.05) is 55.3 Å². The summed E-state index contributed by atoms with van der Waals surface area (Å²) in [6.07, 6.45) is 7.51. The van der Waals surface area contributed by atoms with Gasteiger partial charge in [-0.25, -0.2) is 9.78 Å². The van der Waals surface area contributed by atoms with Crippen LogP contribution >= 0.6 is 23.2 Å². The first-order chi connectivity index (χ1) is 15.9. The zero-order valence-corrected chi connectivity index (χ0v) is 19.8. The molecule has 33 heavy (non-hydrogen) atoms. The summed E-state index contributed by atoms with van der Waals surface area (Å²) in [6.45, 7) is 0.283. The Morgan fingerprint density at radius 2 is 1.91 bits per heavy atom. The zero-order chi connectivity index (χ0) is 23.5. The Morgan fingerprint density at radius 1 is 1.18 bits per heavy atom. The Morgan fingerprint density at radius 3 is 2.64 bits per heavy atom. The molecule has 9 heteroatoms. The number of rotatable bonds is 6. The fraction of sp³-hybridized carbons (Fsp3) is 0.417. The van der Waals surface area contributed by atoms with E-state index < -0.39 is 12.0 Å². The molecule has 174 valence electrons. The summed E-state index contributed by atoms with van der Waals surface area (Å²) < 4.78 is 4.74. The first kappa shape index (κ1) is 23.5. The molecule has 1 aliphatic carbocycles. The number of esters is 1. The molecule has 0 unspecified atom stereocenters. The van der Waals surface area contributed by atoms with Crippen LogP contribution in [0.1, 0.15) is 64.8 Å². The summed E-state index contributed by atoms with van der Waals surface area (Å²) in [7, 11) is 1.29. The molecule has 0 radical (unpaired) electrons. The first-order valence-corrected chi connectivity index (χ1v) is 11.8. The number of ether oxygens (including phenoxy) is 1. The molecule has 1 atom stereocenters. The number of carbonyl (C=O) groups excluding carboxylic acids is 3. The average molecular weight is 490 g/mol. The second kappa shape index (κ2) is 10.1. The minimum absolute atomic E-state index is 0.229. The maximum Gasteiger partial charge on any atom is 0.338 e. The van der Waals surface area contributed by atoms with Crippen LogP contribution in [0.25, 0.3) is 0 Å². The van der Waals surface area contributed by atoms with Gasteiger partial charge < -0.3 is 15.0 Å². The highest BCUT2D eigenvalue weighted by Crippen LogP contribution is 2.35. The maximum absolute atomic E-state index is 13.4. The van der Waals surface area contributed by atoms with Crippen molar-refractivity contribution in [3.05, 3.63) is 57.2 Å². The zero-order valence-electron chi connectivity index (χ0n) is 18.3. The normalized spacial score (nSPS) is 16.9. The van der Waals surface area contributed by atoms with E-state index >= 15 is 0 Å². The van der Waals surface area contributed by atoms with Gasteiger partial charge in [-0.05, 0) is 42.2 Å². The lowest BCUT2D eigenvalue weighted by atomic mass is 9.84. The van der Waals surface area contributed by atoms with E-state index in [1.165, 1.54) is 31.9 Å². The van der Waals surface area contributed by atoms with E-state index in [-0.39, 0.29) is 29.7 Å². The minimum atomic E-state index is -0.686. The lowest BCUT2D eigenvalue weighted by Gasteiger charge is -2.31. The van der Waals surface area contributed by atoms with Gasteiger partial charge in [0.25, 0.3) is 5.91 Å². The van der Waals surface area contributed by atoms with Crippen molar-refractivity contribution in [3.63, 3.8) is 0 Å². The molecular formula is C24H25Cl2N3O4.